The van der Waals surface area contributed by atoms with Crippen molar-refractivity contribution in [3.8, 4) is 11.1 Å². The highest BCUT2D eigenvalue weighted by molar-refractivity contribution is 6.17. The molecule has 0 atom stereocenters. The van der Waals surface area contributed by atoms with Gasteiger partial charge in [-0.1, -0.05) is 59.8 Å². The molecule has 3 aromatic carbocycles. The zero-order valence-electron chi connectivity index (χ0n) is 13.3. The van der Waals surface area contributed by atoms with Crippen LogP contribution < -0.4 is 0 Å². The van der Waals surface area contributed by atoms with Crippen molar-refractivity contribution in [1.29, 1.82) is 0 Å². The van der Waals surface area contributed by atoms with Crippen molar-refractivity contribution < 1.29 is 15.1 Å². The van der Waals surface area contributed by atoms with Gasteiger partial charge in [0.1, 0.15) is 5.71 Å². The lowest BCUT2D eigenvalue weighted by Gasteiger charge is -2.10. The molecular weight excluding hydrogens is 314 g/mol. The number of carboxylic acids is 1. The van der Waals surface area contributed by atoms with Crippen LogP contribution in [0, 0.1) is 0 Å². The van der Waals surface area contributed by atoms with Gasteiger partial charge in [0.2, 0.25) is 0 Å². The minimum atomic E-state index is -1.05. The molecule has 0 heterocycles. The SMILES string of the molecule is O=C(O)c1ccccc1C(=NO)c1ccc2c(c1)Cc1ccccc1-2. The second kappa shape index (κ2) is 5.91. The highest BCUT2D eigenvalue weighted by Crippen LogP contribution is 2.37. The predicted octanol–water partition coefficient (Wildman–Crippen LogP) is 4.18. The summed E-state index contributed by atoms with van der Waals surface area (Å²) in [6.07, 6.45) is 0.818. The van der Waals surface area contributed by atoms with E-state index in [1.54, 1.807) is 18.2 Å². The molecule has 0 amide bonds. The van der Waals surface area contributed by atoms with E-state index in [2.05, 4.69) is 17.3 Å². The Morgan fingerprint density at radius 1 is 0.840 bits per heavy atom. The summed E-state index contributed by atoms with van der Waals surface area (Å²) < 4.78 is 0. The number of hydrogen-bond donors (Lipinski definition) is 2. The van der Waals surface area contributed by atoms with Crippen LogP contribution in [-0.2, 0) is 6.42 Å². The molecule has 0 spiro atoms. The summed E-state index contributed by atoms with van der Waals surface area (Å²) in [4.78, 5) is 11.5. The highest BCUT2D eigenvalue weighted by Gasteiger charge is 2.21. The molecule has 0 aliphatic heterocycles. The van der Waals surface area contributed by atoms with Crippen LogP contribution in [0.5, 0.6) is 0 Å². The molecule has 0 fully saturated rings. The van der Waals surface area contributed by atoms with Gasteiger partial charge in [-0.3, -0.25) is 0 Å². The Morgan fingerprint density at radius 2 is 1.52 bits per heavy atom. The van der Waals surface area contributed by atoms with Gasteiger partial charge in [-0.05, 0) is 40.8 Å². The maximum Gasteiger partial charge on any atom is 0.336 e. The average Bonchev–Trinajstić information content (AvgIpc) is 3.00. The summed E-state index contributed by atoms with van der Waals surface area (Å²) in [6, 6.07) is 20.6. The molecule has 1 aliphatic carbocycles. The van der Waals surface area contributed by atoms with Crippen molar-refractivity contribution >= 4 is 11.7 Å². The van der Waals surface area contributed by atoms with Gasteiger partial charge in [-0.2, -0.15) is 0 Å². The van der Waals surface area contributed by atoms with E-state index < -0.39 is 5.97 Å². The zero-order chi connectivity index (χ0) is 17.4. The van der Waals surface area contributed by atoms with E-state index in [4.69, 9.17) is 0 Å². The summed E-state index contributed by atoms with van der Waals surface area (Å²) >= 11 is 0. The lowest BCUT2D eigenvalue weighted by atomic mass is 9.95. The van der Waals surface area contributed by atoms with E-state index in [-0.39, 0.29) is 11.3 Å². The molecule has 4 nitrogen and oxygen atoms in total. The quantitative estimate of drug-likeness (QED) is 0.336. The third kappa shape index (κ3) is 2.48. The smallest absolute Gasteiger partial charge is 0.336 e. The maximum absolute atomic E-state index is 11.5. The van der Waals surface area contributed by atoms with Crippen molar-refractivity contribution in [3.05, 3.63) is 94.5 Å². The summed E-state index contributed by atoms with van der Waals surface area (Å²) in [5.74, 6) is -1.05. The monoisotopic (exact) mass is 329 g/mol. The normalized spacial score (nSPS) is 12.6. The first-order valence-electron chi connectivity index (χ1n) is 7.95. The predicted molar refractivity (Wildman–Crippen MR) is 95.5 cm³/mol. The maximum atomic E-state index is 11.5. The Balaban J connectivity index is 1.81. The second-order valence-electron chi connectivity index (χ2n) is 6.01. The van der Waals surface area contributed by atoms with Crippen molar-refractivity contribution in [3.63, 3.8) is 0 Å². The van der Waals surface area contributed by atoms with Crippen LogP contribution in [0.1, 0.15) is 32.6 Å². The van der Waals surface area contributed by atoms with Crippen LogP contribution in [0.15, 0.2) is 71.9 Å². The summed E-state index contributed by atoms with van der Waals surface area (Å²) in [6.45, 7) is 0. The van der Waals surface area contributed by atoms with Gasteiger partial charge in [0, 0.05) is 11.1 Å². The highest BCUT2D eigenvalue weighted by atomic mass is 16.4. The number of fused-ring (bicyclic) bond motifs is 3. The number of oxime groups is 1. The zero-order valence-corrected chi connectivity index (χ0v) is 13.3. The molecule has 0 aromatic heterocycles. The fraction of sp³-hybridized carbons (Fsp3) is 0.0476. The van der Waals surface area contributed by atoms with Crippen LogP contribution in [0.25, 0.3) is 11.1 Å². The number of benzene rings is 3. The number of nitrogens with zero attached hydrogens (tertiary/aromatic N) is 1. The summed E-state index contributed by atoms with van der Waals surface area (Å²) in [5.41, 5.74) is 6.27. The molecule has 0 bridgehead atoms. The summed E-state index contributed by atoms with van der Waals surface area (Å²) in [5, 5.41) is 22.3. The van der Waals surface area contributed by atoms with Gasteiger partial charge in [0.05, 0.1) is 5.56 Å². The largest absolute Gasteiger partial charge is 0.478 e. The first kappa shape index (κ1) is 15.1. The van der Waals surface area contributed by atoms with Gasteiger partial charge < -0.3 is 10.3 Å². The van der Waals surface area contributed by atoms with Crippen LogP contribution in [0.2, 0.25) is 0 Å². The Labute approximate surface area is 144 Å². The van der Waals surface area contributed by atoms with E-state index in [9.17, 15) is 15.1 Å². The standard InChI is InChI=1S/C21H15NO3/c23-21(24)19-8-4-3-7-18(19)20(22-25)14-9-10-17-15(12-14)11-13-5-1-2-6-16(13)17/h1-10,12,25H,11H2,(H,23,24). The molecule has 1 aliphatic rings. The van der Waals surface area contributed by atoms with Crippen LogP contribution in [-0.4, -0.2) is 22.0 Å². The third-order valence-electron chi connectivity index (χ3n) is 4.58. The fourth-order valence-corrected chi connectivity index (χ4v) is 3.44. The van der Waals surface area contributed by atoms with Crippen LogP contribution in [0.3, 0.4) is 0 Å². The lowest BCUT2D eigenvalue weighted by molar-refractivity contribution is 0.0696. The fourth-order valence-electron chi connectivity index (χ4n) is 3.44. The van der Waals surface area contributed by atoms with E-state index in [0.717, 1.165) is 12.0 Å². The number of carboxylic acid groups (broad SMARTS) is 1. The molecule has 4 rings (SSSR count). The molecule has 25 heavy (non-hydrogen) atoms. The number of rotatable bonds is 3. The summed E-state index contributed by atoms with van der Waals surface area (Å²) in [7, 11) is 0. The Morgan fingerprint density at radius 3 is 2.28 bits per heavy atom. The molecule has 0 saturated carbocycles. The van der Waals surface area contributed by atoms with Gasteiger partial charge in [-0.25, -0.2) is 4.79 Å². The van der Waals surface area contributed by atoms with Crippen LogP contribution in [0.4, 0.5) is 0 Å². The molecule has 4 heteroatoms. The number of carbonyl (C=O) groups is 1. The van der Waals surface area contributed by atoms with E-state index in [1.807, 2.05) is 30.3 Å². The second-order valence-corrected chi connectivity index (χ2v) is 6.01. The average molecular weight is 329 g/mol. The Hall–Kier alpha value is -3.40. The van der Waals surface area contributed by atoms with E-state index in [0.29, 0.717) is 11.1 Å². The first-order valence-corrected chi connectivity index (χ1v) is 7.95. The van der Waals surface area contributed by atoms with Crippen molar-refractivity contribution in [1.82, 2.24) is 0 Å². The van der Waals surface area contributed by atoms with Crippen molar-refractivity contribution in [2.45, 2.75) is 6.42 Å². The topological polar surface area (TPSA) is 69.9 Å². The lowest BCUT2D eigenvalue weighted by Crippen LogP contribution is -2.11. The Kier molecular flexibility index (Phi) is 3.58. The van der Waals surface area contributed by atoms with Gasteiger partial charge in [0.25, 0.3) is 0 Å². The molecular formula is C21H15NO3. The number of aromatic carboxylic acids is 1. The molecule has 2 N–H and O–H groups in total. The Bertz CT molecular complexity index is 1020. The van der Waals surface area contributed by atoms with Gasteiger partial charge in [0.15, 0.2) is 0 Å². The number of hydrogen-bond acceptors (Lipinski definition) is 3. The third-order valence-corrected chi connectivity index (χ3v) is 4.58. The molecule has 3 aromatic rings. The van der Waals surface area contributed by atoms with E-state index >= 15 is 0 Å². The first-order chi connectivity index (χ1) is 12.2. The molecule has 0 unspecified atom stereocenters. The van der Waals surface area contributed by atoms with Gasteiger partial charge in [-0.15, -0.1) is 0 Å². The van der Waals surface area contributed by atoms with Crippen LogP contribution >= 0.6 is 0 Å². The molecule has 0 saturated heterocycles. The minimum Gasteiger partial charge on any atom is -0.478 e. The minimum absolute atomic E-state index is 0.110. The van der Waals surface area contributed by atoms with Crippen molar-refractivity contribution in [2.24, 2.45) is 5.16 Å². The van der Waals surface area contributed by atoms with Gasteiger partial charge >= 0.3 is 5.97 Å². The molecule has 122 valence electrons. The molecule has 0 radical (unpaired) electrons. The van der Waals surface area contributed by atoms with E-state index in [1.165, 1.54) is 22.8 Å². The van der Waals surface area contributed by atoms with Crippen molar-refractivity contribution in [2.75, 3.05) is 0 Å².